The summed E-state index contributed by atoms with van der Waals surface area (Å²) >= 11 is 1.35. The molecule has 142 valence electrons. The van der Waals surface area contributed by atoms with Crippen LogP contribution in [0.5, 0.6) is 23.0 Å². The van der Waals surface area contributed by atoms with E-state index in [1.54, 1.807) is 29.9 Å². The van der Waals surface area contributed by atoms with Crippen LogP contribution in [0.25, 0.3) is 10.2 Å². The Kier molecular flexibility index (Phi) is 4.91. The molecule has 1 aromatic heterocycles. The minimum atomic E-state index is -0.428. The summed E-state index contributed by atoms with van der Waals surface area (Å²) in [4.78, 5) is 17.1. The summed E-state index contributed by atoms with van der Waals surface area (Å²) in [5, 5.41) is 0. The van der Waals surface area contributed by atoms with Crippen LogP contribution in [0, 0.1) is 12.3 Å². The van der Waals surface area contributed by atoms with E-state index in [0.717, 1.165) is 10.2 Å². The third-order valence-electron chi connectivity index (χ3n) is 4.07. The fraction of sp³-hybridized carbons (Fsp3) is 0.200. The van der Waals surface area contributed by atoms with E-state index >= 15 is 0 Å². The number of para-hydroxylation sites is 2. The summed E-state index contributed by atoms with van der Waals surface area (Å²) in [5.41, 5.74) is 0.837. The molecule has 0 unspecified atom stereocenters. The number of carbonyl (C=O) groups excluding carboxylic acids is 1. The predicted molar refractivity (Wildman–Crippen MR) is 104 cm³/mol. The van der Waals surface area contributed by atoms with Crippen molar-refractivity contribution >= 4 is 27.5 Å². The van der Waals surface area contributed by atoms with Gasteiger partial charge < -0.3 is 23.5 Å². The lowest BCUT2D eigenvalue weighted by molar-refractivity contribution is -0.120. The number of rotatable bonds is 5. The smallest absolute Gasteiger partial charge is 0.286 e. The Bertz CT molecular complexity index is 1160. The Morgan fingerprint density at radius 3 is 2.79 bits per heavy atom. The van der Waals surface area contributed by atoms with E-state index in [2.05, 4.69) is 10.9 Å². The van der Waals surface area contributed by atoms with Gasteiger partial charge in [-0.1, -0.05) is 29.4 Å². The number of carbonyl (C=O) groups is 1. The van der Waals surface area contributed by atoms with Crippen molar-refractivity contribution in [3.05, 3.63) is 41.2 Å². The summed E-state index contributed by atoms with van der Waals surface area (Å²) in [7, 11) is 1.54. The molecule has 0 fully saturated rings. The minimum Gasteiger partial charge on any atom is -0.493 e. The van der Waals surface area contributed by atoms with Crippen molar-refractivity contribution in [1.29, 1.82) is 0 Å². The molecule has 0 radical (unpaired) electrons. The van der Waals surface area contributed by atoms with Crippen molar-refractivity contribution in [2.45, 2.75) is 6.54 Å². The molecule has 4 rings (SSSR count). The number of benzene rings is 2. The minimum absolute atomic E-state index is 0.192. The topological polar surface area (TPSA) is 71.3 Å². The van der Waals surface area contributed by atoms with Crippen LogP contribution in [0.2, 0.25) is 0 Å². The van der Waals surface area contributed by atoms with E-state index < -0.39 is 5.91 Å². The summed E-state index contributed by atoms with van der Waals surface area (Å²) < 4.78 is 24.3. The molecule has 1 aliphatic rings. The van der Waals surface area contributed by atoms with Crippen molar-refractivity contribution in [2.24, 2.45) is 4.99 Å². The van der Waals surface area contributed by atoms with Crippen LogP contribution < -0.4 is 23.7 Å². The number of aromatic nitrogens is 1. The maximum atomic E-state index is 12.4. The van der Waals surface area contributed by atoms with E-state index in [-0.39, 0.29) is 19.9 Å². The molecule has 8 heteroatoms. The lowest BCUT2D eigenvalue weighted by atomic mass is 10.3. The lowest BCUT2D eigenvalue weighted by Gasteiger charge is -2.08. The van der Waals surface area contributed by atoms with Crippen molar-refractivity contribution in [3.8, 4) is 35.3 Å². The molecule has 0 aliphatic carbocycles. The molecular formula is C20H16N2O5S. The van der Waals surface area contributed by atoms with Gasteiger partial charge in [0.15, 0.2) is 34.4 Å². The first-order valence-electron chi connectivity index (χ1n) is 8.39. The zero-order valence-electron chi connectivity index (χ0n) is 15.0. The Balaban J connectivity index is 1.64. The second-order valence-corrected chi connectivity index (χ2v) is 6.80. The van der Waals surface area contributed by atoms with Crippen LogP contribution in [0.15, 0.2) is 41.4 Å². The summed E-state index contributed by atoms with van der Waals surface area (Å²) in [5.74, 6) is 4.51. The summed E-state index contributed by atoms with van der Waals surface area (Å²) in [6.07, 6.45) is 5.50. The molecule has 1 amide bonds. The molecule has 0 saturated carbocycles. The lowest BCUT2D eigenvalue weighted by Crippen LogP contribution is -2.19. The molecule has 2 heterocycles. The first-order valence-corrected chi connectivity index (χ1v) is 9.21. The highest BCUT2D eigenvalue weighted by atomic mass is 32.1. The zero-order valence-corrected chi connectivity index (χ0v) is 15.8. The highest BCUT2D eigenvalue weighted by Crippen LogP contribution is 2.36. The molecule has 0 N–H and O–H groups in total. The van der Waals surface area contributed by atoms with E-state index in [9.17, 15) is 4.79 Å². The van der Waals surface area contributed by atoms with Crippen LogP contribution in [-0.4, -0.2) is 31.0 Å². The zero-order chi connectivity index (χ0) is 19.5. The second-order valence-electron chi connectivity index (χ2n) is 5.79. The average molecular weight is 396 g/mol. The number of ether oxygens (including phenoxy) is 4. The van der Waals surface area contributed by atoms with Gasteiger partial charge in [-0.15, -0.1) is 6.42 Å². The number of thiazole rings is 1. The average Bonchev–Trinajstić information content (AvgIpc) is 3.29. The largest absolute Gasteiger partial charge is 0.493 e. The third kappa shape index (κ3) is 3.40. The normalized spacial score (nSPS) is 12.8. The number of hydrogen-bond acceptors (Lipinski definition) is 6. The van der Waals surface area contributed by atoms with E-state index in [4.69, 9.17) is 25.4 Å². The molecule has 0 bridgehead atoms. The van der Waals surface area contributed by atoms with Gasteiger partial charge in [-0.2, -0.15) is 4.99 Å². The van der Waals surface area contributed by atoms with Gasteiger partial charge in [0.25, 0.3) is 5.91 Å². The highest BCUT2D eigenvalue weighted by Gasteiger charge is 2.18. The van der Waals surface area contributed by atoms with Gasteiger partial charge in [0.2, 0.25) is 6.79 Å². The summed E-state index contributed by atoms with van der Waals surface area (Å²) in [6, 6.07) is 10.8. The molecule has 0 spiro atoms. The highest BCUT2D eigenvalue weighted by molar-refractivity contribution is 7.16. The van der Waals surface area contributed by atoms with Crippen molar-refractivity contribution in [3.63, 3.8) is 0 Å². The third-order valence-corrected chi connectivity index (χ3v) is 5.11. The van der Waals surface area contributed by atoms with E-state index in [1.807, 2.05) is 18.2 Å². The van der Waals surface area contributed by atoms with Gasteiger partial charge in [-0.3, -0.25) is 4.79 Å². The Hall–Kier alpha value is -3.44. The Morgan fingerprint density at radius 2 is 2.04 bits per heavy atom. The van der Waals surface area contributed by atoms with Crippen LogP contribution in [0.4, 0.5) is 0 Å². The number of nitrogens with zero attached hydrogens (tertiary/aromatic N) is 2. The molecule has 7 nitrogen and oxygen atoms in total. The van der Waals surface area contributed by atoms with Gasteiger partial charge in [0.05, 0.1) is 23.9 Å². The van der Waals surface area contributed by atoms with Gasteiger partial charge in [-0.25, -0.2) is 0 Å². The maximum absolute atomic E-state index is 12.4. The van der Waals surface area contributed by atoms with Crippen molar-refractivity contribution in [2.75, 3.05) is 20.5 Å². The number of fused-ring (bicyclic) bond motifs is 2. The number of amides is 1. The number of terminal acetylenes is 1. The predicted octanol–water partition coefficient (Wildman–Crippen LogP) is 2.58. The van der Waals surface area contributed by atoms with Gasteiger partial charge in [0, 0.05) is 12.1 Å². The van der Waals surface area contributed by atoms with E-state index in [0.29, 0.717) is 27.8 Å². The molecule has 2 aromatic carbocycles. The van der Waals surface area contributed by atoms with Gasteiger partial charge in [0.1, 0.15) is 0 Å². The van der Waals surface area contributed by atoms with Crippen LogP contribution in [0.1, 0.15) is 0 Å². The molecular weight excluding hydrogens is 380 g/mol. The molecule has 1 aliphatic heterocycles. The summed E-state index contributed by atoms with van der Waals surface area (Å²) in [6.45, 7) is 0.254. The fourth-order valence-corrected chi connectivity index (χ4v) is 3.86. The van der Waals surface area contributed by atoms with E-state index in [1.165, 1.54) is 11.3 Å². The monoisotopic (exact) mass is 396 g/mol. The first-order chi connectivity index (χ1) is 13.7. The Labute approximate surface area is 164 Å². The quantitative estimate of drug-likeness (QED) is 0.620. The maximum Gasteiger partial charge on any atom is 0.286 e. The molecule has 0 saturated heterocycles. The van der Waals surface area contributed by atoms with Crippen molar-refractivity contribution < 1.29 is 23.7 Å². The van der Waals surface area contributed by atoms with Gasteiger partial charge >= 0.3 is 0 Å². The Morgan fingerprint density at radius 1 is 1.29 bits per heavy atom. The molecule has 28 heavy (non-hydrogen) atoms. The van der Waals surface area contributed by atoms with Crippen molar-refractivity contribution in [1.82, 2.24) is 4.57 Å². The van der Waals surface area contributed by atoms with Crippen LogP contribution in [-0.2, 0) is 11.3 Å². The number of hydrogen-bond donors (Lipinski definition) is 0. The van der Waals surface area contributed by atoms with Crippen LogP contribution >= 0.6 is 11.3 Å². The standard InChI is InChI=1S/C20H16N2O5S/c1-3-8-22-13-9-16-17(27-12-26-16)10-18(13)28-20(22)21-19(23)11-25-15-7-5-4-6-14(15)24-2/h1,4-7,9-10H,8,11-12H2,2H3. The number of methoxy groups -OCH3 is 1. The second kappa shape index (κ2) is 7.66. The molecule has 0 atom stereocenters. The van der Waals surface area contributed by atoms with Gasteiger partial charge in [-0.05, 0) is 12.1 Å². The van der Waals surface area contributed by atoms with Crippen LogP contribution in [0.3, 0.4) is 0 Å². The molecule has 3 aromatic rings. The first kappa shape index (κ1) is 17.9. The fourth-order valence-electron chi connectivity index (χ4n) is 2.81. The SMILES string of the molecule is C#CCn1c(=NC(=O)COc2ccccc2OC)sc2cc3c(cc21)OCO3.